The summed E-state index contributed by atoms with van der Waals surface area (Å²) in [4.78, 5) is 17.0. The van der Waals surface area contributed by atoms with E-state index in [9.17, 15) is 4.79 Å². The number of hydrogen-bond donors (Lipinski definition) is 2. The van der Waals surface area contributed by atoms with Crippen molar-refractivity contribution in [3.8, 4) is 5.69 Å². The van der Waals surface area contributed by atoms with Crippen LogP contribution in [-0.2, 0) is 0 Å². The summed E-state index contributed by atoms with van der Waals surface area (Å²) in [5.41, 5.74) is 6.10. The number of aryl methyl sites for hydroxylation is 1. The number of hydrogen-bond acceptors (Lipinski definition) is 4. The number of nitrogens with two attached hydrogens (primary N) is 1. The standard InChI is InChI=1S/C17H17N5O/c1-10-15-13(17(23)20-18)9-14(11-7-8-11)19-16(15)22(21-10)12-5-3-2-4-6-12/h2-6,9,11H,7-8,18H2,1H3,(H,20,23). The fourth-order valence-corrected chi connectivity index (χ4v) is 2.90. The highest BCUT2D eigenvalue weighted by atomic mass is 16.2. The second kappa shape index (κ2) is 5.17. The van der Waals surface area contributed by atoms with Crippen molar-refractivity contribution in [2.24, 2.45) is 5.84 Å². The van der Waals surface area contributed by atoms with Crippen LogP contribution in [0.3, 0.4) is 0 Å². The number of rotatable bonds is 3. The number of amides is 1. The van der Waals surface area contributed by atoms with Crippen molar-refractivity contribution in [2.45, 2.75) is 25.7 Å². The Morgan fingerprint density at radius 2 is 2.04 bits per heavy atom. The summed E-state index contributed by atoms with van der Waals surface area (Å²) in [5, 5.41) is 5.34. The number of nitrogens with one attached hydrogen (secondary N) is 1. The van der Waals surface area contributed by atoms with Crippen LogP contribution < -0.4 is 11.3 Å². The lowest BCUT2D eigenvalue weighted by Crippen LogP contribution is -2.30. The predicted octanol–water partition coefficient (Wildman–Crippen LogP) is 2.21. The molecule has 3 aromatic rings. The Hall–Kier alpha value is -2.73. The van der Waals surface area contributed by atoms with Gasteiger partial charge in [-0.2, -0.15) is 5.10 Å². The molecular weight excluding hydrogens is 290 g/mol. The van der Waals surface area contributed by atoms with Crippen LogP contribution in [0.2, 0.25) is 0 Å². The third kappa shape index (κ3) is 2.27. The molecule has 0 aliphatic heterocycles. The van der Waals surface area contributed by atoms with Gasteiger partial charge in [0.25, 0.3) is 5.91 Å². The average molecular weight is 307 g/mol. The summed E-state index contributed by atoms with van der Waals surface area (Å²) in [7, 11) is 0. The van der Waals surface area contributed by atoms with Crippen molar-refractivity contribution in [1.82, 2.24) is 20.2 Å². The van der Waals surface area contributed by atoms with Crippen LogP contribution in [0.1, 0.15) is 40.5 Å². The zero-order valence-electron chi connectivity index (χ0n) is 12.8. The molecule has 1 saturated carbocycles. The molecule has 1 fully saturated rings. The quantitative estimate of drug-likeness (QED) is 0.441. The number of nitrogens with zero attached hydrogens (tertiary/aromatic N) is 3. The van der Waals surface area contributed by atoms with E-state index in [-0.39, 0.29) is 5.91 Å². The van der Waals surface area contributed by atoms with E-state index in [4.69, 9.17) is 10.8 Å². The Morgan fingerprint density at radius 3 is 2.70 bits per heavy atom. The molecule has 6 heteroatoms. The van der Waals surface area contributed by atoms with Crippen LogP contribution in [0.5, 0.6) is 0 Å². The van der Waals surface area contributed by atoms with E-state index < -0.39 is 0 Å². The summed E-state index contributed by atoms with van der Waals surface area (Å²) in [6, 6.07) is 11.7. The number of benzene rings is 1. The highest BCUT2D eigenvalue weighted by Gasteiger charge is 2.28. The van der Waals surface area contributed by atoms with Crippen LogP contribution in [0.15, 0.2) is 36.4 Å². The summed E-state index contributed by atoms with van der Waals surface area (Å²) < 4.78 is 1.80. The summed E-state index contributed by atoms with van der Waals surface area (Å²) in [5.74, 6) is 5.48. The maximum absolute atomic E-state index is 12.2. The first-order valence-corrected chi connectivity index (χ1v) is 7.65. The van der Waals surface area contributed by atoms with Crippen molar-refractivity contribution < 1.29 is 4.79 Å². The van der Waals surface area contributed by atoms with E-state index in [1.54, 1.807) is 4.68 Å². The molecule has 116 valence electrons. The van der Waals surface area contributed by atoms with Crippen LogP contribution >= 0.6 is 0 Å². The summed E-state index contributed by atoms with van der Waals surface area (Å²) in [6.45, 7) is 1.88. The van der Waals surface area contributed by atoms with Gasteiger partial charge in [0.05, 0.1) is 22.3 Å². The molecule has 1 aliphatic carbocycles. The fraction of sp³-hybridized carbons (Fsp3) is 0.235. The van der Waals surface area contributed by atoms with Crippen LogP contribution in [0.25, 0.3) is 16.7 Å². The van der Waals surface area contributed by atoms with Gasteiger partial charge in [-0.25, -0.2) is 15.5 Å². The highest BCUT2D eigenvalue weighted by molar-refractivity contribution is 6.06. The van der Waals surface area contributed by atoms with E-state index in [1.165, 1.54) is 0 Å². The molecule has 0 radical (unpaired) electrons. The molecule has 1 aromatic carbocycles. The molecular formula is C17H17N5O. The minimum absolute atomic E-state index is 0.310. The normalized spacial score (nSPS) is 14.2. The first-order valence-electron chi connectivity index (χ1n) is 7.65. The van der Waals surface area contributed by atoms with Crippen molar-refractivity contribution in [3.05, 3.63) is 53.3 Å². The molecule has 0 spiro atoms. The first-order chi connectivity index (χ1) is 11.2. The van der Waals surface area contributed by atoms with Gasteiger partial charge in [-0.05, 0) is 38.0 Å². The second-order valence-electron chi connectivity index (χ2n) is 5.87. The third-order valence-corrected chi connectivity index (χ3v) is 4.20. The molecule has 4 rings (SSSR count). The summed E-state index contributed by atoms with van der Waals surface area (Å²) in [6.07, 6.45) is 2.22. The number of pyridine rings is 1. The number of para-hydroxylation sites is 1. The number of nitrogen functional groups attached to an aromatic ring is 1. The molecule has 1 aliphatic rings. The van der Waals surface area contributed by atoms with E-state index in [0.717, 1.165) is 35.3 Å². The number of fused-ring (bicyclic) bond motifs is 1. The smallest absolute Gasteiger partial charge is 0.266 e. The van der Waals surface area contributed by atoms with Gasteiger partial charge in [0.1, 0.15) is 0 Å². The lowest BCUT2D eigenvalue weighted by Gasteiger charge is -2.07. The monoisotopic (exact) mass is 307 g/mol. The van der Waals surface area contributed by atoms with Crippen molar-refractivity contribution in [1.29, 1.82) is 0 Å². The van der Waals surface area contributed by atoms with Crippen molar-refractivity contribution >= 4 is 16.9 Å². The van der Waals surface area contributed by atoms with Gasteiger partial charge in [0, 0.05) is 11.6 Å². The molecule has 6 nitrogen and oxygen atoms in total. The molecule has 3 N–H and O–H groups in total. The van der Waals surface area contributed by atoms with Crippen LogP contribution in [0.4, 0.5) is 0 Å². The van der Waals surface area contributed by atoms with E-state index in [1.807, 2.05) is 43.3 Å². The van der Waals surface area contributed by atoms with Gasteiger partial charge < -0.3 is 0 Å². The Bertz CT molecular complexity index is 896. The number of carbonyl (C=O) groups excluding carboxylic acids is 1. The lowest BCUT2D eigenvalue weighted by atomic mass is 10.1. The Labute approximate surface area is 133 Å². The van der Waals surface area contributed by atoms with Gasteiger partial charge in [-0.1, -0.05) is 18.2 Å². The first kappa shape index (κ1) is 13.9. The molecule has 0 saturated heterocycles. The van der Waals surface area contributed by atoms with E-state index >= 15 is 0 Å². The molecule has 0 unspecified atom stereocenters. The predicted molar refractivity (Wildman–Crippen MR) is 87.2 cm³/mol. The molecule has 1 amide bonds. The van der Waals surface area contributed by atoms with Crippen molar-refractivity contribution in [3.63, 3.8) is 0 Å². The third-order valence-electron chi connectivity index (χ3n) is 4.20. The topological polar surface area (TPSA) is 85.8 Å². The number of carbonyl (C=O) groups is 1. The largest absolute Gasteiger partial charge is 0.290 e. The zero-order valence-corrected chi connectivity index (χ0v) is 12.8. The molecule has 2 heterocycles. The van der Waals surface area contributed by atoms with Gasteiger partial charge in [0.15, 0.2) is 5.65 Å². The maximum Gasteiger partial charge on any atom is 0.266 e. The number of aromatic nitrogens is 3. The number of hydrazine groups is 1. The SMILES string of the molecule is Cc1nn(-c2ccccc2)c2nc(C3CC3)cc(C(=O)NN)c12. The lowest BCUT2D eigenvalue weighted by molar-refractivity contribution is 0.0955. The maximum atomic E-state index is 12.2. The zero-order chi connectivity index (χ0) is 16.0. The van der Waals surface area contributed by atoms with Crippen LogP contribution in [-0.4, -0.2) is 20.7 Å². The van der Waals surface area contributed by atoms with E-state index in [2.05, 4.69) is 10.5 Å². The Morgan fingerprint density at radius 1 is 1.30 bits per heavy atom. The minimum Gasteiger partial charge on any atom is -0.290 e. The fourth-order valence-electron chi connectivity index (χ4n) is 2.90. The molecule has 0 bridgehead atoms. The highest BCUT2D eigenvalue weighted by Crippen LogP contribution is 2.40. The van der Waals surface area contributed by atoms with Gasteiger partial charge in [0.2, 0.25) is 0 Å². The van der Waals surface area contributed by atoms with Crippen LogP contribution in [0, 0.1) is 6.92 Å². The van der Waals surface area contributed by atoms with Gasteiger partial charge in [-0.3, -0.25) is 10.2 Å². The second-order valence-corrected chi connectivity index (χ2v) is 5.87. The molecule has 23 heavy (non-hydrogen) atoms. The van der Waals surface area contributed by atoms with Gasteiger partial charge >= 0.3 is 0 Å². The summed E-state index contributed by atoms with van der Waals surface area (Å²) >= 11 is 0. The molecule has 0 atom stereocenters. The Balaban J connectivity index is 2.03. The Kier molecular flexibility index (Phi) is 3.12. The molecule has 2 aromatic heterocycles. The average Bonchev–Trinajstić information content (AvgIpc) is 3.39. The van der Waals surface area contributed by atoms with Gasteiger partial charge in [-0.15, -0.1) is 0 Å². The van der Waals surface area contributed by atoms with E-state index in [0.29, 0.717) is 17.1 Å². The minimum atomic E-state index is -0.310. The van der Waals surface area contributed by atoms with Crippen molar-refractivity contribution in [2.75, 3.05) is 0 Å².